The molecule has 0 aromatic heterocycles. The molecule has 1 unspecified atom stereocenters. The molecule has 0 aliphatic heterocycles. The minimum Gasteiger partial charge on any atom is -0.317 e. The van der Waals surface area contributed by atoms with Crippen LogP contribution in [0.1, 0.15) is 13.3 Å². The number of hydrogen-bond acceptors (Lipinski definition) is 3. The summed E-state index contributed by atoms with van der Waals surface area (Å²) in [6.07, 6.45) is 0.955. The first-order chi connectivity index (χ1) is 5.08. The van der Waals surface area contributed by atoms with Crippen LogP contribution in [0.4, 0.5) is 0 Å². The molecule has 67 valence electrons. The van der Waals surface area contributed by atoms with E-state index in [4.69, 9.17) is 0 Å². The second kappa shape index (κ2) is 4.70. The fourth-order valence-corrected chi connectivity index (χ4v) is 0.954. The normalized spacial score (nSPS) is 15.0. The van der Waals surface area contributed by atoms with Gasteiger partial charge < -0.3 is 16.0 Å². The molecular formula is C8H20N3. The van der Waals surface area contributed by atoms with Gasteiger partial charge in [0.15, 0.2) is 0 Å². The minimum atomic E-state index is -0.206. The zero-order valence-electron chi connectivity index (χ0n) is 7.99. The van der Waals surface area contributed by atoms with Crippen molar-refractivity contribution in [2.45, 2.75) is 25.0 Å². The summed E-state index contributed by atoms with van der Waals surface area (Å²) >= 11 is 0. The predicted molar refractivity (Wildman–Crippen MR) is 49.3 cm³/mol. The highest BCUT2D eigenvalue weighted by Crippen LogP contribution is 2.05. The highest BCUT2D eigenvalue weighted by Gasteiger charge is 2.21. The summed E-state index contributed by atoms with van der Waals surface area (Å²) in [7, 11) is 5.77. The van der Waals surface area contributed by atoms with E-state index in [1.54, 1.807) is 0 Å². The van der Waals surface area contributed by atoms with Gasteiger partial charge in [0.1, 0.15) is 0 Å². The van der Waals surface area contributed by atoms with Crippen molar-refractivity contribution in [1.82, 2.24) is 16.0 Å². The molecule has 0 aromatic carbocycles. The van der Waals surface area contributed by atoms with E-state index in [0.717, 1.165) is 6.42 Å². The van der Waals surface area contributed by atoms with E-state index in [1.807, 2.05) is 21.1 Å². The Balaban J connectivity index is 3.86. The Bertz CT molecular complexity index is 99.5. The predicted octanol–water partition coefficient (Wildman–Crippen LogP) is -0.0464. The summed E-state index contributed by atoms with van der Waals surface area (Å²) in [6, 6.07) is 0.465. The molecule has 0 saturated heterocycles. The van der Waals surface area contributed by atoms with Gasteiger partial charge in [0.05, 0.1) is 5.66 Å². The zero-order valence-corrected chi connectivity index (χ0v) is 7.99. The van der Waals surface area contributed by atoms with Crippen molar-refractivity contribution in [1.29, 1.82) is 0 Å². The molecule has 0 heterocycles. The van der Waals surface area contributed by atoms with Crippen LogP contribution in [0.3, 0.4) is 0 Å². The SMILES string of the molecule is [CH2]C(CC(C)NC)(NC)NC. The summed E-state index contributed by atoms with van der Waals surface area (Å²) in [6.45, 7) is 6.17. The Kier molecular flexibility index (Phi) is 4.65. The Morgan fingerprint density at radius 1 is 1.27 bits per heavy atom. The highest BCUT2D eigenvalue weighted by atomic mass is 15.2. The van der Waals surface area contributed by atoms with E-state index in [9.17, 15) is 0 Å². The number of hydrogen-bond donors (Lipinski definition) is 3. The van der Waals surface area contributed by atoms with Gasteiger partial charge in [0, 0.05) is 6.04 Å². The van der Waals surface area contributed by atoms with Gasteiger partial charge >= 0.3 is 0 Å². The van der Waals surface area contributed by atoms with Crippen LogP contribution in [-0.4, -0.2) is 32.8 Å². The standard InChI is InChI=1S/C8H20N3/c1-7(9-3)6-8(2,10-4)11-5/h7,9-11H,2,6H2,1,3-5H3. The maximum absolute atomic E-state index is 4.03. The van der Waals surface area contributed by atoms with Gasteiger partial charge in [-0.3, -0.25) is 0 Å². The zero-order chi connectivity index (χ0) is 8.91. The van der Waals surface area contributed by atoms with Gasteiger partial charge in [-0.05, 0) is 41.4 Å². The van der Waals surface area contributed by atoms with Gasteiger partial charge in [-0.25, -0.2) is 0 Å². The molecule has 0 spiro atoms. The first-order valence-corrected chi connectivity index (χ1v) is 3.98. The monoisotopic (exact) mass is 158 g/mol. The summed E-state index contributed by atoms with van der Waals surface area (Å²) in [5.74, 6) is 0. The second-order valence-corrected chi connectivity index (χ2v) is 2.98. The van der Waals surface area contributed by atoms with Crippen molar-refractivity contribution in [2.75, 3.05) is 21.1 Å². The van der Waals surface area contributed by atoms with Gasteiger partial charge in [0.25, 0.3) is 0 Å². The van der Waals surface area contributed by atoms with Gasteiger partial charge in [0.2, 0.25) is 0 Å². The average Bonchev–Trinajstić information content (AvgIpc) is 2.04. The van der Waals surface area contributed by atoms with Gasteiger partial charge in [-0.15, -0.1) is 0 Å². The van der Waals surface area contributed by atoms with Gasteiger partial charge in [-0.1, -0.05) is 0 Å². The van der Waals surface area contributed by atoms with Crippen LogP contribution in [0, 0.1) is 6.92 Å². The first kappa shape index (κ1) is 10.9. The fourth-order valence-electron chi connectivity index (χ4n) is 0.954. The molecule has 0 aliphatic carbocycles. The Labute approximate surface area is 69.9 Å². The van der Waals surface area contributed by atoms with Crippen molar-refractivity contribution in [3.8, 4) is 0 Å². The Hall–Kier alpha value is -0.120. The van der Waals surface area contributed by atoms with E-state index >= 15 is 0 Å². The molecule has 1 radical (unpaired) electrons. The van der Waals surface area contributed by atoms with Crippen LogP contribution >= 0.6 is 0 Å². The molecule has 0 aliphatic rings. The van der Waals surface area contributed by atoms with E-state index < -0.39 is 0 Å². The molecule has 3 N–H and O–H groups in total. The lowest BCUT2D eigenvalue weighted by Gasteiger charge is -2.31. The molecule has 3 heteroatoms. The quantitative estimate of drug-likeness (QED) is 0.491. The molecule has 0 fully saturated rings. The molecule has 1 atom stereocenters. The second-order valence-electron chi connectivity index (χ2n) is 2.98. The molecular weight excluding hydrogens is 138 g/mol. The molecule has 0 amide bonds. The van der Waals surface area contributed by atoms with Crippen LogP contribution in [0.5, 0.6) is 0 Å². The fraction of sp³-hybridized carbons (Fsp3) is 0.875. The van der Waals surface area contributed by atoms with E-state index in [1.165, 1.54) is 0 Å². The van der Waals surface area contributed by atoms with Crippen LogP contribution in [-0.2, 0) is 0 Å². The van der Waals surface area contributed by atoms with Crippen molar-refractivity contribution in [3.63, 3.8) is 0 Å². The summed E-state index contributed by atoms with van der Waals surface area (Å²) in [5.41, 5.74) is -0.206. The largest absolute Gasteiger partial charge is 0.317 e. The Morgan fingerprint density at radius 2 is 1.73 bits per heavy atom. The third-order valence-corrected chi connectivity index (χ3v) is 2.10. The summed E-state index contributed by atoms with van der Waals surface area (Å²) in [5, 5.41) is 9.43. The van der Waals surface area contributed by atoms with Crippen molar-refractivity contribution in [3.05, 3.63) is 6.92 Å². The van der Waals surface area contributed by atoms with Crippen molar-refractivity contribution < 1.29 is 0 Å². The highest BCUT2D eigenvalue weighted by molar-refractivity contribution is 4.88. The maximum atomic E-state index is 4.03. The third kappa shape index (κ3) is 3.70. The number of nitrogens with one attached hydrogen (secondary N) is 3. The van der Waals surface area contributed by atoms with Crippen molar-refractivity contribution in [2.24, 2.45) is 0 Å². The van der Waals surface area contributed by atoms with Crippen molar-refractivity contribution >= 4 is 0 Å². The summed E-state index contributed by atoms with van der Waals surface area (Å²) in [4.78, 5) is 0. The lowest BCUT2D eigenvalue weighted by Crippen LogP contribution is -2.54. The number of rotatable bonds is 5. The smallest absolute Gasteiger partial charge is 0.0698 e. The molecule has 0 saturated carbocycles. The lowest BCUT2D eigenvalue weighted by atomic mass is 10.0. The third-order valence-electron chi connectivity index (χ3n) is 2.10. The maximum Gasteiger partial charge on any atom is 0.0698 e. The van der Waals surface area contributed by atoms with Crippen LogP contribution in [0.25, 0.3) is 0 Å². The molecule has 0 rings (SSSR count). The molecule has 0 bridgehead atoms. The topological polar surface area (TPSA) is 36.1 Å². The van der Waals surface area contributed by atoms with E-state index in [0.29, 0.717) is 6.04 Å². The summed E-state index contributed by atoms with van der Waals surface area (Å²) < 4.78 is 0. The Morgan fingerprint density at radius 3 is 2.00 bits per heavy atom. The van der Waals surface area contributed by atoms with Crippen LogP contribution in [0.15, 0.2) is 0 Å². The van der Waals surface area contributed by atoms with Crippen LogP contribution in [0.2, 0.25) is 0 Å². The van der Waals surface area contributed by atoms with Crippen LogP contribution < -0.4 is 16.0 Å². The van der Waals surface area contributed by atoms with Gasteiger partial charge in [-0.2, -0.15) is 0 Å². The minimum absolute atomic E-state index is 0.206. The molecule has 11 heavy (non-hydrogen) atoms. The molecule has 0 aromatic rings. The first-order valence-electron chi connectivity index (χ1n) is 3.98. The molecule has 3 nitrogen and oxygen atoms in total. The average molecular weight is 158 g/mol. The van der Waals surface area contributed by atoms with E-state index in [-0.39, 0.29) is 5.66 Å². The lowest BCUT2D eigenvalue weighted by molar-refractivity contribution is 0.310. The van der Waals surface area contributed by atoms with E-state index in [2.05, 4.69) is 29.8 Å².